The van der Waals surface area contributed by atoms with Gasteiger partial charge in [-0.05, 0) is 105 Å². The van der Waals surface area contributed by atoms with Crippen molar-refractivity contribution in [2.45, 2.75) is 83.2 Å². The molecule has 0 saturated heterocycles. The second kappa shape index (κ2) is 15.5. The van der Waals surface area contributed by atoms with Crippen molar-refractivity contribution in [3.63, 3.8) is 0 Å². The molecule has 7 nitrogen and oxygen atoms in total. The highest BCUT2D eigenvalue weighted by Crippen LogP contribution is 2.41. The first-order chi connectivity index (χ1) is 23.7. The number of rotatable bonds is 6. The lowest BCUT2D eigenvalue weighted by molar-refractivity contribution is -0.140. The van der Waals surface area contributed by atoms with Crippen molar-refractivity contribution >= 4 is 11.9 Å². The Morgan fingerprint density at radius 3 is 2.25 bits per heavy atom. The zero-order chi connectivity index (χ0) is 38.0. The second-order valence-electron chi connectivity index (χ2n) is 13.5. The van der Waals surface area contributed by atoms with Crippen LogP contribution in [-0.2, 0) is 34.8 Å². The molecule has 0 saturated carbocycles. The highest BCUT2D eigenvalue weighted by Gasteiger charge is 2.39. The third kappa shape index (κ3) is 9.54. The average Bonchev–Trinajstić information content (AvgIpc) is 2.99. The fraction of sp³-hybridized carbons (Fsp3) is 0.472. The van der Waals surface area contributed by atoms with Gasteiger partial charge in [-0.1, -0.05) is 19.8 Å². The molecule has 2 aromatic carbocycles. The number of benzene rings is 2. The molecule has 278 valence electrons. The first-order valence-corrected chi connectivity index (χ1v) is 16.4. The smallest absolute Gasteiger partial charge is 0.419 e. The molecule has 1 aromatic heterocycles. The highest BCUT2D eigenvalue weighted by molar-refractivity contribution is 5.82. The van der Waals surface area contributed by atoms with Crippen LogP contribution in [0, 0.1) is 24.5 Å². The number of aliphatic carboxylic acids is 1. The Hall–Kier alpha value is -4.27. The third-order valence-electron chi connectivity index (χ3n) is 9.10. The standard InChI is InChI=1S/C36H39F8N3O4/c1-19-7-5-6-8-21-13-24(37)12-20(2)32(21)23-14-25(33(38)27(15-23)36(42,43)44)28(17-31(49)50)45-34(51)29(11-19)47-18-22(9-10-46(3)4)26(16-30(47)48)35(39,40)41/h12-16,18-19,28-29H,5-11,17H2,1-4H3,(H,45,51)(H,49,50)/t19?,28-,29-/m0/s1. The number of hydrogen-bond donors (Lipinski definition) is 2. The van der Waals surface area contributed by atoms with Crippen LogP contribution in [0.2, 0.25) is 0 Å². The molecule has 0 fully saturated rings. The number of hydrogen-bond acceptors (Lipinski definition) is 4. The minimum atomic E-state index is -5.27. The summed E-state index contributed by atoms with van der Waals surface area (Å²) in [5, 5.41) is 12.1. The van der Waals surface area contributed by atoms with Crippen molar-refractivity contribution in [1.82, 2.24) is 14.8 Å². The van der Waals surface area contributed by atoms with Crippen LogP contribution < -0.4 is 10.9 Å². The van der Waals surface area contributed by atoms with Crippen LogP contribution in [0.4, 0.5) is 35.1 Å². The molecule has 0 aliphatic carbocycles. The van der Waals surface area contributed by atoms with Gasteiger partial charge in [-0.25, -0.2) is 8.78 Å². The molecule has 1 unspecified atom stereocenters. The van der Waals surface area contributed by atoms with Crippen molar-refractivity contribution in [2.24, 2.45) is 5.92 Å². The Kier molecular flexibility index (Phi) is 12.0. The van der Waals surface area contributed by atoms with E-state index in [1.807, 2.05) is 0 Å². The fourth-order valence-electron chi connectivity index (χ4n) is 6.65. The van der Waals surface area contributed by atoms with Crippen LogP contribution in [0.1, 0.15) is 84.5 Å². The first kappa shape index (κ1) is 39.5. The molecule has 1 aliphatic rings. The van der Waals surface area contributed by atoms with Gasteiger partial charge in [-0.3, -0.25) is 14.4 Å². The number of likely N-dealkylation sites (N-methyl/N-ethyl adjacent to an activating group) is 1. The summed E-state index contributed by atoms with van der Waals surface area (Å²) >= 11 is 0. The predicted molar refractivity (Wildman–Crippen MR) is 173 cm³/mol. The Bertz CT molecular complexity index is 1830. The average molecular weight is 730 g/mol. The fourth-order valence-corrected chi connectivity index (χ4v) is 6.65. The van der Waals surface area contributed by atoms with Crippen LogP contribution >= 0.6 is 0 Å². The number of alkyl halides is 6. The van der Waals surface area contributed by atoms with Crippen LogP contribution in [0.25, 0.3) is 11.1 Å². The summed E-state index contributed by atoms with van der Waals surface area (Å²) in [4.78, 5) is 41.1. The molecule has 15 heteroatoms. The number of halogens is 8. The normalized spacial score (nSPS) is 19.2. The van der Waals surface area contributed by atoms with Crippen molar-refractivity contribution in [2.75, 3.05) is 20.6 Å². The molecular weight excluding hydrogens is 690 g/mol. The van der Waals surface area contributed by atoms with Gasteiger partial charge in [0.15, 0.2) is 0 Å². The van der Waals surface area contributed by atoms with Gasteiger partial charge in [0.1, 0.15) is 17.7 Å². The maximum Gasteiger partial charge on any atom is 0.419 e. The van der Waals surface area contributed by atoms with Gasteiger partial charge in [0, 0.05) is 24.4 Å². The molecule has 51 heavy (non-hydrogen) atoms. The number of aromatic nitrogens is 1. The molecule has 2 bridgehead atoms. The van der Waals surface area contributed by atoms with Gasteiger partial charge >= 0.3 is 18.3 Å². The second-order valence-corrected chi connectivity index (χ2v) is 13.5. The number of nitrogens with one attached hydrogen (secondary N) is 1. The number of nitrogens with zero attached hydrogens (tertiary/aromatic N) is 2. The minimum absolute atomic E-state index is 0.134. The number of carbonyl (C=O) groups is 2. The Labute approximate surface area is 289 Å². The van der Waals surface area contributed by atoms with Gasteiger partial charge in [0.2, 0.25) is 5.91 Å². The van der Waals surface area contributed by atoms with E-state index in [9.17, 15) is 50.2 Å². The summed E-state index contributed by atoms with van der Waals surface area (Å²) < 4.78 is 116. The molecule has 2 heterocycles. The number of carboxylic acid groups (broad SMARTS) is 1. The Morgan fingerprint density at radius 1 is 0.980 bits per heavy atom. The largest absolute Gasteiger partial charge is 0.481 e. The summed E-state index contributed by atoms with van der Waals surface area (Å²) in [5.41, 5.74) is -4.61. The summed E-state index contributed by atoms with van der Waals surface area (Å²) in [5.74, 6) is -5.54. The summed E-state index contributed by atoms with van der Waals surface area (Å²) in [6.45, 7) is 3.37. The van der Waals surface area contributed by atoms with E-state index in [0.29, 0.717) is 37.0 Å². The van der Waals surface area contributed by atoms with E-state index in [1.165, 1.54) is 13.0 Å². The molecule has 0 spiro atoms. The number of fused-ring (bicyclic) bond motifs is 4. The van der Waals surface area contributed by atoms with E-state index in [-0.39, 0.29) is 54.0 Å². The van der Waals surface area contributed by atoms with Gasteiger partial charge in [-0.15, -0.1) is 0 Å². The molecule has 4 rings (SSSR count). The lowest BCUT2D eigenvalue weighted by Gasteiger charge is -2.27. The predicted octanol–water partition coefficient (Wildman–Crippen LogP) is 7.87. The summed E-state index contributed by atoms with van der Waals surface area (Å²) in [6, 6.07) is 0.756. The quantitative estimate of drug-likeness (QED) is 0.252. The van der Waals surface area contributed by atoms with E-state index in [0.717, 1.165) is 22.9 Å². The lowest BCUT2D eigenvalue weighted by Crippen LogP contribution is -2.41. The molecular formula is C36H39F8N3O4. The van der Waals surface area contributed by atoms with E-state index in [2.05, 4.69) is 5.32 Å². The first-order valence-electron chi connectivity index (χ1n) is 16.4. The maximum atomic E-state index is 15.9. The van der Waals surface area contributed by atoms with E-state index < -0.39 is 76.6 Å². The van der Waals surface area contributed by atoms with Crippen molar-refractivity contribution < 1.29 is 49.8 Å². The van der Waals surface area contributed by atoms with E-state index in [1.54, 1.807) is 25.9 Å². The van der Waals surface area contributed by atoms with Crippen molar-refractivity contribution in [3.8, 4) is 11.1 Å². The Balaban J connectivity index is 1.96. The minimum Gasteiger partial charge on any atom is -0.481 e. The van der Waals surface area contributed by atoms with Gasteiger partial charge in [0.25, 0.3) is 5.56 Å². The molecule has 3 atom stereocenters. The molecule has 0 radical (unpaired) electrons. The van der Waals surface area contributed by atoms with Gasteiger partial charge in [0.05, 0.1) is 23.6 Å². The van der Waals surface area contributed by atoms with Crippen LogP contribution in [0.3, 0.4) is 0 Å². The zero-order valence-corrected chi connectivity index (χ0v) is 28.4. The SMILES string of the molecule is Cc1cc(F)cc2c1-c1cc(c(F)c(C(F)(F)F)c1)[C@H](CC(=O)O)NC(=O)[C@@H](n1cc(CCN(C)C)c(C(F)(F)F)cc1=O)CC(C)CCCC2. The summed E-state index contributed by atoms with van der Waals surface area (Å²) in [7, 11) is 3.27. The lowest BCUT2D eigenvalue weighted by atomic mass is 9.88. The zero-order valence-electron chi connectivity index (χ0n) is 28.4. The number of aryl methyl sites for hydroxylation is 2. The van der Waals surface area contributed by atoms with E-state index >= 15 is 4.39 Å². The van der Waals surface area contributed by atoms with E-state index in [4.69, 9.17) is 0 Å². The van der Waals surface area contributed by atoms with Gasteiger partial charge < -0.3 is 19.9 Å². The van der Waals surface area contributed by atoms with Gasteiger partial charge in [-0.2, -0.15) is 26.3 Å². The maximum absolute atomic E-state index is 15.9. The van der Waals surface area contributed by atoms with Crippen molar-refractivity contribution in [1.29, 1.82) is 0 Å². The number of carbonyl (C=O) groups excluding carboxylic acids is 1. The molecule has 3 aromatic rings. The number of pyridine rings is 1. The summed E-state index contributed by atoms with van der Waals surface area (Å²) in [6.07, 6.45) is -9.05. The number of carboxylic acids is 1. The topological polar surface area (TPSA) is 91.6 Å². The number of amides is 1. The third-order valence-corrected chi connectivity index (χ3v) is 9.10. The van der Waals surface area contributed by atoms with Crippen LogP contribution in [0.15, 0.2) is 41.3 Å². The highest BCUT2D eigenvalue weighted by atomic mass is 19.4. The monoisotopic (exact) mass is 729 g/mol. The van der Waals surface area contributed by atoms with Crippen LogP contribution in [0.5, 0.6) is 0 Å². The van der Waals surface area contributed by atoms with Crippen molar-refractivity contribution in [3.05, 3.63) is 91.9 Å². The van der Waals surface area contributed by atoms with Crippen LogP contribution in [-0.4, -0.2) is 47.1 Å². The molecule has 1 amide bonds. The Morgan fingerprint density at radius 2 is 1.65 bits per heavy atom. The molecule has 2 N–H and O–H groups in total. The molecule has 1 aliphatic heterocycles.